The van der Waals surface area contributed by atoms with Crippen molar-refractivity contribution in [3.8, 4) is 17.1 Å². The summed E-state index contributed by atoms with van der Waals surface area (Å²) in [5, 5.41) is 6.64. The number of carbonyl (C=O) groups excluding carboxylic acids is 2. The Hall–Kier alpha value is -3.48. The maximum absolute atomic E-state index is 12.2. The molecule has 0 fully saturated rings. The molecule has 1 amide bonds. The Morgan fingerprint density at radius 3 is 2.32 bits per heavy atom. The summed E-state index contributed by atoms with van der Waals surface area (Å²) < 4.78 is 6.51. The molecular weight excluding hydrogens is 320 g/mol. The molecule has 1 N–H and O–H groups in total. The number of nitrogens with zero attached hydrogens (tertiary/aromatic N) is 3. The van der Waals surface area contributed by atoms with E-state index >= 15 is 0 Å². The molecule has 0 saturated carbocycles. The smallest absolute Gasteiger partial charge is 0.378 e. The van der Waals surface area contributed by atoms with Gasteiger partial charge in [-0.1, -0.05) is 48.5 Å². The number of aromatic nitrogens is 3. The van der Waals surface area contributed by atoms with Crippen LogP contribution >= 0.6 is 0 Å². The third-order valence-corrected chi connectivity index (χ3v) is 3.44. The second kappa shape index (κ2) is 7.39. The van der Waals surface area contributed by atoms with Gasteiger partial charge in [-0.15, -0.1) is 5.10 Å². The maximum atomic E-state index is 12.2. The van der Waals surface area contributed by atoms with Crippen molar-refractivity contribution >= 4 is 11.9 Å². The first-order valence-electron chi connectivity index (χ1n) is 7.64. The van der Waals surface area contributed by atoms with Crippen LogP contribution in [0.2, 0.25) is 0 Å². The Morgan fingerprint density at radius 1 is 1.04 bits per heavy atom. The summed E-state index contributed by atoms with van der Waals surface area (Å²) in [6.07, 6.45) is 0. The van der Waals surface area contributed by atoms with Crippen molar-refractivity contribution < 1.29 is 14.3 Å². The van der Waals surface area contributed by atoms with Crippen LogP contribution in [0, 0.1) is 0 Å². The maximum Gasteiger partial charge on any atom is 0.378 e. The normalized spacial score (nSPS) is 10.3. The Bertz CT molecular complexity index is 819. The Labute approximate surface area is 144 Å². The fourth-order valence-electron chi connectivity index (χ4n) is 2.19. The average Bonchev–Trinajstić information content (AvgIpc) is 3.12. The summed E-state index contributed by atoms with van der Waals surface area (Å²) in [7, 11) is 1.46. The van der Waals surface area contributed by atoms with Gasteiger partial charge in [0.05, 0.1) is 5.69 Å². The molecule has 0 aliphatic rings. The number of likely N-dealkylation sites (N-methyl/N-ethyl adjacent to an activating group) is 1. The van der Waals surface area contributed by atoms with Crippen molar-refractivity contribution in [1.82, 2.24) is 20.1 Å². The van der Waals surface area contributed by atoms with Crippen LogP contribution in [0.1, 0.15) is 10.6 Å². The summed E-state index contributed by atoms with van der Waals surface area (Å²) in [5.74, 6) is -0.750. The van der Waals surface area contributed by atoms with Crippen LogP contribution in [0.25, 0.3) is 17.1 Å². The van der Waals surface area contributed by atoms with Crippen molar-refractivity contribution in [2.45, 2.75) is 0 Å². The third-order valence-electron chi connectivity index (χ3n) is 3.44. The Morgan fingerprint density at radius 2 is 1.68 bits per heavy atom. The molecule has 3 rings (SSSR count). The monoisotopic (exact) mass is 336 g/mol. The van der Waals surface area contributed by atoms with Gasteiger partial charge in [-0.2, -0.15) is 0 Å². The van der Waals surface area contributed by atoms with Gasteiger partial charge in [-0.25, -0.2) is 14.5 Å². The highest BCUT2D eigenvalue weighted by Crippen LogP contribution is 2.21. The van der Waals surface area contributed by atoms with Gasteiger partial charge in [-0.05, 0) is 12.1 Å². The van der Waals surface area contributed by atoms with E-state index in [9.17, 15) is 9.59 Å². The highest BCUT2D eigenvalue weighted by atomic mass is 16.5. The number of hydrogen-bond donors (Lipinski definition) is 1. The molecule has 0 aliphatic carbocycles. The van der Waals surface area contributed by atoms with Crippen molar-refractivity contribution in [2.75, 3.05) is 13.7 Å². The van der Waals surface area contributed by atoms with Crippen LogP contribution < -0.4 is 5.32 Å². The fourth-order valence-corrected chi connectivity index (χ4v) is 2.19. The third kappa shape index (κ3) is 3.72. The number of benzene rings is 2. The van der Waals surface area contributed by atoms with Crippen molar-refractivity contribution in [3.05, 3.63) is 66.5 Å². The van der Waals surface area contributed by atoms with Gasteiger partial charge >= 0.3 is 5.97 Å². The largest absolute Gasteiger partial charge is 0.450 e. The first-order chi connectivity index (χ1) is 12.2. The standard InChI is InChI=1S/C18H16N4O3/c1-19-15(23)12-25-18(24)16-20-17(13-8-4-2-5-9-13)22(21-16)14-10-6-3-7-11-14/h2-11H,12H2,1H3,(H,19,23). The van der Waals surface area contributed by atoms with E-state index in [1.807, 2.05) is 60.7 Å². The van der Waals surface area contributed by atoms with Gasteiger partial charge < -0.3 is 10.1 Å². The van der Waals surface area contributed by atoms with Crippen LogP contribution in [0.15, 0.2) is 60.7 Å². The lowest BCUT2D eigenvalue weighted by atomic mass is 10.2. The quantitative estimate of drug-likeness (QED) is 0.719. The van der Waals surface area contributed by atoms with E-state index in [0.717, 1.165) is 11.3 Å². The number of rotatable bonds is 5. The van der Waals surface area contributed by atoms with E-state index in [1.54, 1.807) is 4.68 Å². The second-order valence-electron chi connectivity index (χ2n) is 5.12. The predicted octanol–water partition coefficient (Wildman–Crippen LogP) is 1.84. The van der Waals surface area contributed by atoms with Gasteiger partial charge in [0.25, 0.3) is 11.7 Å². The van der Waals surface area contributed by atoms with Gasteiger partial charge in [0, 0.05) is 12.6 Å². The summed E-state index contributed by atoms with van der Waals surface area (Å²) in [6, 6.07) is 18.8. The molecule has 2 aromatic carbocycles. The first kappa shape index (κ1) is 16.4. The average molecular weight is 336 g/mol. The first-order valence-corrected chi connectivity index (χ1v) is 7.64. The summed E-state index contributed by atoms with van der Waals surface area (Å²) in [4.78, 5) is 27.7. The van der Waals surface area contributed by atoms with E-state index in [2.05, 4.69) is 15.4 Å². The SMILES string of the molecule is CNC(=O)COC(=O)c1nc(-c2ccccc2)n(-c2ccccc2)n1. The predicted molar refractivity (Wildman–Crippen MR) is 91.1 cm³/mol. The molecular formula is C18H16N4O3. The van der Waals surface area contributed by atoms with Gasteiger partial charge in [0.15, 0.2) is 12.4 Å². The highest BCUT2D eigenvalue weighted by molar-refractivity contribution is 5.88. The van der Waals surface area contributed by atoms with Crippen LogP contribution in [0.5, 0.6) is 0 Å². The molecule has 25 heavy (non-hydrogen) atoms. The topological polar surface area (TPSA) is 86.1 Å². The minimum Gasteiger partial charge on any atom is -0.450 e. The van der Waals surface area contributed by atoms with Gasteiger partial charge in [0.2, 0.25) is 0 Å². The summed E-state index contributed by atoms with van der Waals surface area (Å²) in [6.45, 7) is -0.379. The van der Waals surface area contributed by atoms with Gasteiger partial charge in [-0.3, -0.25) is 4.79 Å². The number of hydrogen-bond acceptors (Lipinski definition) is 5. The Balaban J connectivity index is 1.98. The number of nitrogens with one attached hydrogen (secondary N) is 1. The van der Waals surface area contributed by atoms with E-state index in [1.165, 1.54) is 7.05 Å². The summed E-state index contributed by atoms with van der Waals surface area (Å²) >= 11 is 0. The molecule has 7 heteroatoms. The minimum absolute atomic E-state index is 0.105. The minimum atomic E-state index is -0.754. The zero-order valence-corrected chi connectivity index (χ0v) is 13.5. The summed E-state index contributed by atoms with van der Waals surface area (Å²) in [5.41, 5.74) is 1.57. The van der Waals surface area contributed by atoms with Crippen molar-refractivity contribution in [3.63, 3.8) is 0 Å². The van der Waals surface area contributed by atoms with Crippen molar-refractivity contribution in [1.29, 1.82) is 0 Å². The zero-order chi connectivity index (χ0) is 17.6. The molecule has 7 nitrogen and oxygen atoms in total. The highest BCUT2D eigenvalue weighted by Gasteiger charge is 2.20. The van der Waals surface area contributed by atoms with Crippen LogP contribution in [-0.4, -0.2) is 40.3 Å². The molecule has 126 valence electrons. The molecule has 0 radical (unpaired) electrons. The number of carbonyl (C=O) groups is 2. The zero-order valence-electron chi connectivity index (χ0n) is 13.5. The molecule has 0 unspecified atom stereocenters. The molecule has 0 spiro atoms. The fraction of sp³-hybridized carbons (Fsp3) is 0.111. The second-order valence-corrected chi connectivity index (χ2v) is 5.12. The number of para-hydroxylation sites is 1. The molecule has 1 heterocycles. The van der Waals surface area contributed by atoms with E-state index in [4.69, 9.17) is 4.74 Å². The number of ether oxygens (including phenoxy) is 1. The van der Waals surface area contributed by atoms with Crippen molar-refractivity contribution in [2.24, 2.45) is 0 Å². The molecule has 1 aromatic heterocycles. The molecule has 0 saturated heterocycles. The lowest BCUT2D eigenvalue weighted by Gasteiger charge is -2.05. The van der Waals surface area contributed by atoms with Gasteiger partial charge in [0.1, 0.15) is 0 Å². The molecule has 0 bridgehead atoms. The lowest BCUT2D eigenvalue weighted by molar-refractivity contribution is -0.123. The van der Waals surface area contributed by atoms with E-state index in [0.29, 0.717) is 5.82 Å². The lowest BCUT2D eigenvalue weighted by Crippen LogP contribution is -2.25. The van der Waals surface area contributed by atoms with Crippen LogP contribution in [-0.2, 0) is 9.53 Å². The Kier molecular flexibility index (Phi) is 4.84. The molecule has 0 atom stereocenters. The van der Waals surface area contributed by atoms with E-state index in [-0.39, 0.29) is 12.4 Å². The number of esters is 1. The molecule has 0 aliphatic heterocycles. The molecule has 3 aromatic rings. The van der Waals surface area contributed by atoms with Crippen LogP contribution in [0.3, 0.4) is 0 Å². The number of amides is 1. The van der Waals surface area contributed by atoms with E-state index < -0.39 is 11.9 Å². The van der Waals surface area contributed by atoms with Crippen LogP contribution in [0.4, 0.5) is 0 Å².